The Labute approximate surface area is 116 Å². The maximum Gasteiger partial charge on any atom is 0.135 e. The molecule has 1 heterocycles. The first-order valence-corrected chi connectivity index (χ1v) is 7.17. The van der Waals surface area contributed by atoms with Crippen LogP contribution in [0.15, 0.2) is 23.8 Å². The Morgan fingerprint density at radius 2 is 2.05 bits per heavy atom. The van der Waals surface area contributed by atoms with Crippen LogP contribution in [-0.4, -0.2) is 37.1 Å². The van der Waals surface area contributed by atoms with Crippen molar-refractivity contribution in [3.05, 3.63) is 23.8 Å². The van der Waals surface area contributed by atoms with E-state index in [0.717, 1.165) is 19.7 Å². The van der Waals surface area contributed by atoms with E-state index < -0.39 is 0 Å². The van der Waals surface area contributed by atoms with Crippen molar-refractivity contribution >= 4 is 5.78 Å². The van der Waals surface area contributed by atoms with Gasteiger partial charge in [-0.05, 0) is 12.3 Å². The average molecular weight is 263 g/mol. The van der Waals surface area contributed by atoms with E-state index in [2.05, 4.69) is 43.9 Å². The Kier molecular flexibility index (Phi) is 4.58. The molecule has 2 aliphatic rings. The Morgan fingerprint density at radius 3 is 2.68 bits per heavy atom. The third-order valence-corrected chi connectivity index (χ3v) is 4.30. The van der Waals surface area contributed by atoms with Crippen molar-refractivity contribution in [2.45, 2.75) is 33.6 Å². The number of likely N-dealkylation sites (tertiary alicyclic amines) is 1. The third-order valence-electron chi connectivity index (χ3n) is 4.30. The predicted octanol–water partition coefficient (Wildman–Crippen LogP) is 2.78. The molecule has 1 atom stereocenters. The molecule has 0 saturated carbocycles. The monoisotopic (exact) mass is 263 g/mol. The fraction of sp³-hybridized carbons (Fsp3) is 0.688. The summed E-state index contributed by atoms with van der Waals surface area (Å²) in [6, 6.07) is 0. The molecule has 1 unspecified atom stereocenters. The lowest BCUT2D eigenvalue weighted by molar-refractivity contribution is -0.122. The SMILES string of the molecule is CC1=CC=CC(C)(C)C1COCN1CCC(=O)CC1. The Morgan fingerprint density at radius 1 is 1.37 bits per heavy atom. The summed E-state index contributed by atoms with van der Waals surface area (Å²) >= 11 is 0. The number of Topliss-reactive ketones (excluding diaryl/α,β-unsaturated/α-hetero) is 1. The highest BCUT2D eigenvalue weighted by atomic mass is 16.5. The second kappa shape index (κ2) is 6.02. The van der Waals surface area contributed by atoms with E-state index in [4.69, 9.17) is 4.74 Å². The second-order valence-corrected chi connectivity index (χ2v) is 6.30. The summed E-state index contributed by atoms with van der Waals surface area (Å²) in [5.74, 6) is 0.831. The van der Waals surface area contributed by atoms with Gasteiger partial charge >= 0.3 is 0 Å². The number of ether oxygens (including phenoxy) is 1. The molecule has 1 aliphatic heterocycles. The van der Waals surface area contributed by atoms with Gasteiger partial charge in [0.05, 0.1) is 13.3 Å². The van der Waals surface area contributed by atoms with Gasteiger partial charge in [0.25, 0.3) is 0 Å². The molecule has 0 aromatic carbocycles. The van der Waals surface area contributed by atoms with Crippen molar-refractivity contribution in [3.8, 4) is 0 Å². The van der Waals surface area contributed by atoms with Crippen LogP contribution in [0.2, 0.25) is 0 Å². The van der Waals surface area contributed by atoms with Gasteiger partial charge < -0.3 is 4.74 Å². The molecule has 1 aliphatic carbocycles. The summed E-state index contributed by atoms with van der Waals surface area (Å²) in [6.45, 7) is 9.80. The molecule has 0 bridgehead atoms. The molecule has 0 amide bonds. The summed E-state index contributed by atoms with van der Waals surface area (Å²) in [7, 11) is 0. The molecule has 106 valence electrons. The molecule has 2 rings (SSSR count). The standard InChI is InChI=1S/C16H25NO2/c1-13-5-4-8-16(2,3)15(13)11-19-12-17-9-6-14(18)7-10-17/h4-5,8,15H,6-7,9-12H2,1-3H3. The Balaban J connectivity index is 1.77. The summed E-state index contributed by atoms with van der Waals surface area (Å²) in [4.78, 5) is 13.4. The molecule has 1 saturated heterocycles. The van der Waals surface area contributed by atoms with Crippen LogP contribution in [0.3, 0.4) is 0 Å². The molecule has 0 aromatic heterocycles. The first-order valence-electron chi connectivity index (χ1n) is 7.17. The predicted molar refractivity (Wildman–Crippen MR) is 76.8 cm³/mol. The lowest BCUT2D eigenvalue weighted by Gasteiger charge is -2.35. The molecule has 0 N–H and O–H groups in total. The van der Waals surface area contributed by atoms with E-state index in [-0.39, 0.29) is 5.41 Å². The highest BCUT2D eigenvalue weighted by Crippen LogP contribution is 2.36. The number of piperidine rings is 1. The van der Waals surface area contributed by atoms with E-state index >= 15 is 0 Å². The number of carbonyl (C=O) groups excluding carboxylic acids is 1. The molecule has 0 spiro atoms. The van der Waals surface area contributed by atoms with Crippen molar-refractivity contribution in [2.24, 2.45) is 11.3 Å². The number of nitrogens with zero attached hydrogens (tertiary/aromatic N) is 1. The van der Waals surface area contributed by atoms with Crippen LogP contribution in [0.25, 0.3) is 0 Å². The zero-order chi connectivity index (χ0) is 13.9. The third kappa shape index (κ3) is 3.77. The molecule has 3 heteroatoms. The second-order valence-electron chi connectivity index (χ2n) is 6.30. The minimum Gasteiger partial charge on any atom is -0.365 e. The molecule has 19 heavy (non-hydrogen) atoms. The van der Waals surface area contributed by atoms with Crippen molar-refractivity contribution in [1.82, 2.24) is 4.90 Å². The molecular weight excluding hydrogens is 238 g/mol. The van der Waals surface area contributed by atoms with Gasteiger partial charge in [-0.3, -0.25) is 9.69 Å². The fourth-order valence-electron chi connectivity index (χ4n) is 2.84. The lowest BCUT2D eigenvalue weighted by atomic mass is 9.73. The molecular formula is C16H25NO2. The van der Waals surface area contributed by atoms with Gasteiger partial charge in [0.15, 0.2) is 0 Å². The van der Waals surface area contributed by atoms with Gasteiger partial charge in [0.2, 0.25) is 0 Å². The number of ketones is 1. The normalized spacial score (nSPS) is 27.4. The van der Waals surface area contributed by atoms with Crippen LogP contribution in [0.4, 0.5) is 0 Å². The van der Waals surface area contributed by atoms with Gasteiger partial charge in [-0.1, -0.05) is 37.6 Å². The lowest BCUT2D eigenvalue weighted by Crippen LogP contribution is -2.37. The van der Waals surface area contributed by atoms with E-state index in [9.17, 15) is 4.79 Å². The fourth-order valence-corrected chi connectivity index (χ4v) is 2.84. The Bertz CT molecular complexity index is 386. The molecule has 3 nitrogen and oxygen atoms in total. The minimum absolute atomic E-state index is 0.163. The highest BCUT2D eigenvalue weighted by molar-refractivity contribution is 5.79. The average Bonchev–Trinajstić information content (AvgIpc) is 2.35. The number of allylic oxidation sites excluding steroid dienone is 3. The first-order chi connectivity index (χ1) is 8.99. The van der Waals surface area contributed by atoms with Gasteiger partial charge in [-0.2, -0.15) is 0 Å². The maximum atomic E-state index is 11.2. The van der Waals surface area contributed by atoms with Gasteiger partial charge in [-0.15, -0.1) is 0 Å². The van der Waals surface area contributed by atoms with Crippen LogP contribution in [0.1, 0.15) is 33.6 Å². The number of hydrogen-bond acceptors (Lipinski definition) is 3. The smallest absolute Gasteiger partial charge is 0.135 e. The summed E-state index contributed by atoms with van der Waals surface area (Å²) < 4.78 is 5.89. The zero-order valence-corrected chi connectivity index (χ0v) is 12.3. The van der Waals surface area contributed by atoms with Crippen LogP contribution in [0, 0.1) is 11.3 Å². The van der Waals surface area contributed by atoms with Crippen molar-refractivity contribution in [1.29, 1.82) is 0 Å². The number of carbonyl (C=O) groups is 1. The molecule has 0 radical (unpaired) electrons. The summed E-state index contributed by atoms with van der Waals surface area (Å²) in [5, 5.41) is 0. The van der Waals surface area contributed by atoms with Crippen LogP contribution >= 0.6 is 0 Å². The zero-order valence-electron chi connectivity index (χ0n) is 12.3. The van der Waals surface area contributed by atoms with Crippen LogP contribution in [-0.2, 0) is 9.53 Å². The van der Waals surface area contributed by atoms with Crippen LogP contribution < -0.4 is 0 Å². The van der Waals surface area contributed by atoms with Gasteiger partial charge in [0.1, 0.15) is 5.78 Å². The molecule has 1 fully saturated rings. The van der Waals surface area contributed by atoms with Gasteiger partial charge in [0, 0.05) is 31.8 Å². The number of hydrogen-bond donors (Lipinski definition) is 0. The van der Waals surface area contributed by atoms with Gasteiger partial charge in [-0.25, -0.2) is 0 Å². The maximum absolute atomic E-state index is 11.2. The topological polar surface area (TPSA) is 29.5 Å². The molecule has 0 aromatic rings. The van der Waals surface area contributed by atoms with Crippen molar-refractivity contribution < 1.29 is 9.53 Å². The van der Waals surface area contributed by atoms with E-state index in [1.54, 1.807) is 0 Å². The summed E-state index contributed by atoms with van der Waals surface area (Å²) in [6.07, 6.45) is 7.94. The number of rotatable bonds is 4. The van der Waals surface area contributed by atoms with Crippen LogP contribution in [0.5, 0.6) is 0 Å². The highest BCUT2D eigenvalue weighted by Gasteiger charge is 2.30. The quantitative estimate of drug-likeness (QED) is 0.781. The largest absolute Gasteiger partial charge is 0.365 e. The van der Waals surface area contributed by atoms with Crippen molar-refractivity contribution in [3.63, 3.8) is 0 Å². The minimum atomic E-state index is 0.163. The van der Waals surface area contributed by atoms with E-state index in [1.807, 2.05) is 0 Å². The first kappa shape index (κ1) is 14.5. The van der Waals surface area contributed by atoms with Crippen molar-refractivity contribution in [2.75, 3.05) is 26.4 Å². The van der Waals surface area contributed by atoms with E-state index in [1.165, 1.54) is 5.57 Å². The Hall–Kier alpha value is -0.930. The van der Waals surface area contributed by atoms with E-state index in [0.29, 0.717) is 31.3 Å². The summed E-state index contributed by atoms with van der Waals surface area (Å²) in [5.41, 5.74) is 1.55.